The van der Waals surface area contributed by atoms with Crippen molar-refractivity contribution in [1.29, 1.82) is 0 Å². The second-order valence-electron chi connectivity index (χ2n) is 3.10. The van der Waals surface area contributed by atoms with Gasteiger partial charge in [-0.3, -0.25) is 9.57 Å². The van der Waals surface area contributed by atoms with Gasteiger partial charge in [-0.25, -0.2) is 0 Å². The summed E-state index contributed by atoms with van der Waals surface area (Å²) in [6.45, 7) is 6.68. The molecule has 1 saturated heterocycles. The van der Waals surface area contributed by atoms with E-state index in [1.54, 1.807) is 0 Å². The van der Waals surface area contributed by atoms with Crippen LogP contribution >= 0.6 is 9.39 Å². The van der Waals surface area contributed by atoms with Crippen LogP contribution in [-0.4, -0.2) is 53.5 Å². The van der Waals surface area contributed by atoms with Crippen LogP contribution in [0.4, 0.5) is 0 Å². The number of aliphatic hydroxyl groups excluding tert-OH is 1. The van der Waals surface area contributed by atoms with Gasteiger partial charge in [0.05, 0.1) is 6.61 Å². The molecule has 1 aliphatic rings. The minimum absolute atomic E-state index is 0.275. The molecule has 0 bridgehead atoms. The van der Waals surface area contributed by atoms with Gasteiger partial charge >= 0.3 is 0 Å². The van der Waals surface area contributed by atoms with Crippen molar-refractivity contribution in [2.45, 2.75) is 13.0 Å². The molecule has 3 nitrogen and oxygen atoms in total. The Hall–Kier alpha value is 0.310. The highest BCUT2D eigenvalue weighted by Gasteiger charge is 2.17. The Kier molecular flexibility index (Phi) is 3.73. The highest BCUT2D eigenvalue weighted by molar-refractivity contribution is 7.13. The fourth-order valence-electron chi connectivity index (χ4n) is 1.29. The van der Waals surface area contributed by atoms with Crippen molar-refractivity contribution in [1.82, 2.24) is 9.57 Å². The van der Waals surface area contributed by atoms with Crippen molar-refractivity contribution in [2.24, 2.45) is 0 Å². The molecular weight excluding hydrogens is 159 g/mol. The van der Waals surface area contributed by atoms with Gasteiger partial charge in [0, 0.05) is 32.2 Å². The molecule has 1 aliphatic heterocycles. The Morgan fingerprint density at radius 1 is 1.36 bits per heavy atom. The van der Waals surface area contributed by atoms with Crippen molar-refractivity contribution in [3.8, 4) is 0 Å². The molecule has 2 atom stereocenters. The van der Waals surface area contributed by atoms with Gasteiger partial charge < -0.3 is 5.11 Å². The second-order valence-corrected chi connectivity index (χ2v) is 3.83. The first-order valence-electron chi connectivity index (χ1n) is 4.08. The molecule has 1 N–H and O–H groups in total. The van der Waals surface area contributed by atoms with Crippen molar-refractivity contribution in [3.63, 3.8) is 0 Å². The summed E-state index contributed by atoms with van der Waals surface area (Å²) >= 11 is 0. The molecule has 0 radical (unpaired) electrons. The van der Waals surface area contributed by atoms with Crippen LogP contribution in [0.2, 0.25) is 0 Å². The Morgan fingerprint density at radius 2 is 1.91 bits per heavy atom. The number of piperazine rings is 1. The van der Waals surface area contributed by atoms with E-state index in [4.69, 9.17) is 5.11 Å². The monoisotopic (exact) mass is 176 g/mol. The van der Waals surface area contributed by atoms with Gasteiger partial charge in [0.2, 0.25) is 0 Å². The summed E-state index contributed by atoms with van der Waals surface area (Å²) in [5.74, 6) is 0. The van der Waals surface area contributed by atoms with E-state index >= 15 is 0 Å². The third-order valence-corrected chi connectivity index (χ3v) is 2.75. The minimum Gasteiger partial charge on any atom is -0.395 e. The van der Waals surface area contributed by atoms with E-state index in [-0.39, 0.29) is 6.61 Å². The Morgan fingerprint density at radius 3 is 2.36 bits per heavy atom. The van der Waals surface area contributed by atoms with Crippen molar-refractivity contribution < 1.29 is 5.11 Å². The number of nitrogens with zero attached hydrogens (tertiary/aromatic N) is 2. The predicted octanol–water partition coefficient (Wildman–Crippen LogP) is -0.225. The molecule has 4 heteroatoms. The van der Waals surface area contributed by atoms with Gasteiger partial charge in [0.15, 0.2) is 0 Å². The third-order valence-electron chi connectivity index (χ3n) is 2.24. The standard InChI is InChI=1S/C7H17N2OP/c1-7(6-10)8-2-4-9(11)5-3-8/h7,10H,2-6,11H2,1H3. The summed E-state index contributed by atoms with van der Waals surface area (Å²) in [4.78, 5) is 2.32. The Labute approximate surface area is 70.6 Å². The quantitative estimate of drug-likeness (QED) is 0.589. The topological polar surface area (TPSA) is 26.7 Å². The Bertz CT molecular complexity index is 115. The largest absolute Gasteiger partial charge is 0.395 e. The van der Waals surface area contributed by atoms with Crippen molar-refractivity contribution in [3.05, 3.63) is 0 Å². The highest BCUT2D eigenvalue weighted by Crippen LogP contribution is 2.08. The maximum atomic E-state index is 8.89. The molecule has 0 aliphatic carbocycles. The smallest absolute Gasteiger partial charge is 0.0584 e. The number of hydrogen-bond acceptors (Lipinski definition) is 3. The fourth-order valence-corrected chi connectivity index (χ4v) is 1.52. The Balaban J connectivity index is 2.27. The van der Waals surface area contributed by atoms with Gasteiger partial charge in [-0.2, -0.15) is 0 Å². The van der Waals surface area contributed by atoms with E-state index in [0.717, 1.165) is 26.2 Å². The number of hydrogen-bond donors (Lipinski definition) is 1. The van der Waals surface area contributed by atoms with E-state index < -0.39 is 0 Å². The first-order valence-corrected chi connectivity index (χ1v) is 4.60. The van der Waals surface area contributed by atoms with Crippen LogP contribution in [-0.2, 0) is 0 Å². The summed E-state index contributed by atoms with van der Waals surface area (Å²) in [6, 6.07) is 0.327. The molecule has 0 aromatic heterocycles. The lowest BCUT2D eigenvalue weighted by Gasteiger charge is -2.35. The zero-order valence-corrected chi connectivity index (χ0v) is 8.19. The van der Waals surface area contributed by atoms with E-state index in [2.05, 4.69) is 25.9 Å². The first kappa shape index (κ1) is 9.40. The van der Waals surface area contributed by atoms with Gasteiger partial charge in [-0.1, -0.05) is 9.39 Å². The first-order chi connectivity index (χ1) is 5.24. The normalized spacial score (nSPS) is 25.4. The molecule has 1 rings (SSSR count). The van der Waals surface area contributed by atoms with Crippen LogP contribution in [0.15, 0.2) is 0 Å². The van der Waals surface area contributed by atoms with Crippen LogP contribution in [0.1, 0.15) is 6.92 Å². The third kappa shape index (κ3) is 2.68. The zero-order valence-electron chi connectivity index (χ0n) is 7.03. The van der Waals surface area contributed by atoms with Crippen molar-refractivity contribution >= 4 is 9.39 Å². The SMILES string of the molecule is CC(CO)N1CCN(P)CC1. The summed E-state index contributed by atoms with van der Waals surface area (Å²) in [5, 5.41) is 8.89. The average Bonchev–Trinajstić information content (AvgIpc) is 2.05. The summed E-state index contributed by atoms with van der Waals surface area (Å²) < 4.78 is 2.24. The maximum Gasteiger partial charge on any atom is 0.0584 e. The van der Waals surface area contributed by atoms with Gasteiger partial charge in [-0.15, -0.1) is 0 Å². The lowest BCUT2D eigenvalue weighted by molar-refractivity contribution is 0.103. The van der Waals surface area contributed by atoms with Gasteiger partial charge in [0.1, 0.15) is 0 Å². The summed E-state index contributed by atoms with van der Waals surface area (Å²) in [7, 11) is 2.71. The highest BCUT2D eigenvalue weighted by atomic mass is 31.0. The summed E-state index contributed by atoms with van der Waals surface area (Å²) in [6.07, 6.45) is 0. The molecule has 66 valence electrons. The lowest BCUT2D eigenvalue weighted by Crippen LogP contribution is -2.47. The van der Waals surface area contributed by atoms with Gasteiger partial charge in [0.25, 0.3) is 0 Å². The maximum absolute atomic E-state index is 8.89. The number of aliphatic hydroxyl groups is 1. The molecule has 1 heterocycles. The van der Waals surface area contributed by atoms with Crippen LogP contribution in [0.3, 0.4) is 0 Å². The molecule has 0 amide bonds. The summed E-state index contributed by atoms with van der Waals surface area (Å²) in [5.41, 5.74) is 0. The molecule has 0 aromatic carbocycles. The van der Waals surface area contributed by atoms with Crippen LogP contribution in [0.5, 0.6) is 0 Å². The zero-order chi connectivity index (χ0) is 8.27. The molecule has 11 heavy (non-hydrogen) atoms. The lowest BCUT2D eigenvalue weighted by atomic mass is 10.2. The second kappa shape index (κ2) is 4.36. The molecule has 0 spiro atoms. The molecule has 0 saturated carbocycles. The molecule has 1 fully saturated rings. The van der Waals surface area contributed by atoms with E-state index in [0.29, 0.717) is 6.04 Å². The van der Waals surface area contributed by atoms with E-state index in [1.807, 2.05) is 0 Å². The van der Waals surface area contributed by atoms with Gasteiger partial charge in [-0.05, 0) is 6.92 Å². The minimum atomic E-state index is 0.275. The van der Waals surface area contributed by atoms with Crippen LogP contribution in [0.25, 0.3) is 0 Å². The predicted molar refractivity (Wildman–Crippen MR) is 49.4 cm³/mol. The average molecular weight is 176 g/mol. The van der Waals surface area contributed by atoms with E-state index in [1.165, 1.54) is 0 Å². The van der Waals surface area contributed by atoms with Crippen molar-refractivity contribution in [2.75, 3.05) is 32.8 Å². The molecular formula is C7H17N2OP. The van der Waals surface area contributed by atoms with Crippen LogP contribution < -0.4 is 0 Å². The van der Waals surface area contributed by atoms with E-state index in [9.17, 15) is 0 Å². The number of rotatable bonds is 2. The fraction of sp³-hybridized carbons (Fsp3) is 1.00. The molecule has 2 unspecified atom stereocenters. The van der Waals surface area contributed by atoms with Crippen LogP contribution in [0, 0.1) is 0 Å². The molecule has 0 aromatic rings.